The average molecular weight is 414 g/mol. The number of hydrogen-bond acceptors (Lipinski definition) is 4. The molecule has 0 spiro atoms. The van der Waals surface area contributed by atoms with Crippen LogP contribution < -0.4 is 15.4 Å². The van der Waals surface area contributed by atoms with Gasteiger partial charge in [0.15, 0.2) is 5.75 Å². The number of aryl methyl sites for hydroxylation is 2. The van der Waals surface area contributed by atoms with Gasteiger partial charge in [0.25, 0.3) is 11.8 Å². The lowest BCUT2D eigenvalue weighted by Gasteiger charge is -2.08. The van der Waals surface area contributed by atoms with Crippen LogP contribution in [0.1, 0.15) is 32.0 Å². The number of furan rings is 1. The van der Waals surface area contributed by atoms with Crippen LogP contribution in [-0.4, -0.2) is 18.9 Å². The number of fused-ring (bicyclic) bond motifs is 1. The number of methoxy groups -OCH3 is 1. The monoisotopic (exact) mass is 414 g/mol. The van der Waals surface area contributed by atoms with Gasteiger partial charge < -0.3 is 19.8 Å². The zero-order valence-corrected chi connectivity index (χ0v) is 17.5. The molecule has 0 atom stereocenters. The summed E-state index contributed by atoms with van der Waals surface area (Å²) in [4.78, 5) is 25.4. The molecule has 6 heteroatoms. The van der Waals surface area contributed by atoms with Crippen molar-refractivity contribution >= 4 is 34.2 Å². The number of hydrogen-bond donors (Lipinski definition) is 2. The Morgan fingerprint density at radius 1 is 0.806 bits per heavy atom. The predicted molar refractivity (Wildman–Crippen MR) is 121 cm³/mol. The molecule has 0 radical (unpaired) electrons. The molecule has 31 heavy (non-hydrogen) atoms. The summed E-state index contributed by atoms with van der Waals surface area (Å²) in [5, 5.41) is 6.28. The summed E-state index contributed by atoms with van der Waals surface area (Å²) >= 11 is 0. The van der Waals surface area contributed by atoms with Crippen LogP contribution in [-0.2, 0) is 0 Å². The Hall–Kier alpha value is -4.06. The fourth-order valence-electron chi connectivity index (χ4n) is 3.30. The fraction of sp³-hybridized carbons (Fsp3) is 0.120. The maximum atomic E-state index is 12.7. The predicted octanol–water partition coefficient (Wildman–Crippen LogP) is 5.56. The number of para-hydroxylation sites is 1. The molecular formula is C25H22N2O4. The van der Waals surface area contributed by atoms with Crippen LogP contribution in [0.3, 0.4) is 0 Å². The zero-order chi connectivity index (χ0) is 22.0. The minimum atomic E-state index is -0.417. The van der Waals surface area contributed by atoms with Crippen molar-refractivity contribution in [1.29, 1.82) is 0 Å². The van der Waals surface area contributed by atoms with Crippen LogP contribution in [0.15, 0.2) is 71.1 Å². The second-order valence-electron chi connectivity index (χ2n) is 7.25. The van der Waals surface area contributed by atoms with Crippen molar-refractivity contribution < 1.29 is 18.7 Å². The van der Waals surface area contributed by atoms with Crippen molar-refractivity contribution in [1.82, 2.24) is 0 Å². The SMILES string of the molecule is COc1c(C(=O)Nc2ccccc2)oc2ccc(NC(=O)c3ccc(C)c(C)c3)cc12. The molecule has 0 fully saturated rings. The van der Waals surface area contributed by atoms with E-state index >= 15 is 0 Å². The lowest BCUT2D eigenvalue weighted by Crippen LogP contribution is -2.12. The first-order valence-electron chi connectivity index (χ1n) is 9.82. The second-order valence-corrected chi connectivity index (χ2v) is 7.25. The molecule has 1 aromatic heterocycles. The number of ether oxygens (including phenoxy) is 1. The Morgan fingerprint density at radius 3 is 2.26 bits per heavy atom. The van der Waals surface area contributed by atoms with Gasteiger partial charge in [-0.1, -0.05) is 24.3 Å². The third-order valence-corrected chi connectivity index (χ3v) is 5.11. The summed E-state index contributed by atoms with van der Waals surface area (Å²) in [5.41, 5.74) is 4.46. The van der Waals surface area contributed by atoms with E-state index in [4.69, 9.17) is 9.15 Å². The molecule has 0 aliphatic rings. The summed E-state index contributed by atoms with van der Waals surface area (Å²) in [6.45, 7) is 3.97. The summed E-state index contributed by atoms with van der Waals surface area (Å²) < 4.78 is 11.2. The van der Waals surface area contributed by atoms with Gasteiger partial charge in [-0.15, -0.1) is 0 Å². The first-order valence-corrected chi connectivity index (χ1v) is 9.82. The van der Waals surface area contributed by atoms with Crippen molar-refractivity contribution in [2.45, 2.75) is 13.8 Å². The Labute approximate surface area is 179 Å². The quantitative estimate of drug-likeness (QED) is 0.448. The van der Waals surface area contributed by atoms with E-state index in [1.165, 1.54) is 7.11 Å². The standard InChI is InChI=1S/C25H22N2O4/c1-15-9-10-17(13-16(15)2)24(28)27-19-11-12-21-20(14-19)22(30-3)23(31-21)25(29)26-18-7-5-4-6-8-18/h4-14H,1-3H3,(H,26,29)(H,27,28). The fourth-order valence-corrected chi connectivity index (χ4v) is 3.30. The van der Waals surface area contributed by atoms with Gasteiger partial charge in [0.05, 0.1) is 12.5 Å². The Balaban J connectivity index is 1.62. The molecular weight excluding hydrogens is 392 g/mol. The summed E-state index contributed by atoms with van der Waals surface area (Å²) in [5.74, 6) is -0.253. The van der Waals surface area contributed by atoms with E-state index < -0.39 is 5.91 Å². The molecule has 6 nitrogen and oxygen atoms in total. The first kappa shape index (κ1) is 20.2. The summed E-state index contributed by atoms with van der Waals surface area (Å²) in [6, 6.07) is 19.8. The van der Waals surface area contributed by atoms with Crippen molar-refractivity contribution in [3.63, 3.8) is 0 Å². The second kappa shape index (κ2) is 8.36. The molecule has 0 saturated carbocycles. The minimum absolute atomic E-state index is 0.0685. The van der Waals surface area contributed by atoms with E-state index in [2.05, 4.69) is 10.6 Å². The smallest absolute Gasteiger partial charge is 0.295 e. The number of amides is 2. The van der Waals surface area contributed by atoms with Crippen molar-refractivity contribution in [3.05, 3.63) is 89.2 Å². The van der Waals surface area contributed by atoms with Crippen LogP contribution in [0, 0.1) is 13.8 Å². The third kappa shape index (κ3) is 4.14. The minimum Gasteiger partial charge on any atom is -0.492 e. The van der Waals surface area contributed by atoms with E-state index in [1.807, 2.05) is 44.2 Å². The Kier molecular flexibility index (Phi) is 5.45. The first-order chi connectivity index (χ1) is 15.0. The molecule has 0 saturated heterocycles. The Bertz CT molecular complexity index is 1280. The largest absolute Gasteiger partial charge is 0.492 e. The lowest BCUT2D eigenvalue weighted by atomic mass is 10.1. The number of anilines is 2. The maximum absolute atomic E-state index is 12.7. The number of benzene rings is 3. The van der Waals surface area contributed by atoms with Gasteiger partial charge in [0.1, 0.15) is 5.58 Å². The molecule has 156 valence electrons. The Morgan fingerprint density at radius 2 is 1.55 bits per heavy atom. The summed E-state index contributed by atoms with van der Waals surface area (Å²) in [6.07, 6.45) is 0. The van der Waals surface area contributed by atoms with Gasteiger partial charge in [-0.3, -0.25) is 9.59 Å². The van der Waals surface area contributed by atoms with Gasteiger partial charge in [-0.2, -0.15) is 0 Å². The van der Waals surface area contributed by atoms with Gasteiger partial charge in [-0.05, 0) is 67.4 Å². The van der Waals surface area contributed by atoms with E-state index in [9.17, 15) is 9.59 Å². The molecule has 0 aliphatic carbocycles. The van der Waals surface area contributed by atoms with Crippen LogP contribution >= 0.6 is 0 Å². The topological polar surface area (TPSA) is 80.6 Å². The van der Waals surface area contributed by atoms with E-state index in [-0.39, 0.29) is 11.7 Å². The number of rotatable bonds is 5. The number of nitrogens with one attached hydrogen (secondary N) is 2. The molecule has 0 unspecified atom stereocenters. The van der Waals surface area contributed by atoms with Gasteiger partial charge in [0, 0.05) is 16.9 Å². The van der Waals surface area contributed by atoms with Gasteiger partial charge in [0.2, 0.25) is 5.76 Å². The average Bonchev–Trinajstić information content (AvgIpc) is 3.14. The lowest BCUT2D eigenvalue weighted by molar-refractivity contribution is 0.0992. The highest BCUT2D eigenvalue weighted by Gasteiger charge is 2.22. The van der Waals surface area contributed by atoms with Crippen molar-refractivity contribution in [3.8, 4) is 5.75 Å². The molecule has 4 aromatic rings. The molecule has 3 aromatic carbocycles. The molecule has 4 rings (SSSR count). The van der Waals surface area contributed by atoms with Crippen LogP contribution in [0.25, 0.3) is 11.0 Å². The van der Waals surface area contributed by atoms with E-state index in [1.54, 1.807) is 36.4 Å². The summed E-state index contributed by atoms with van der Waals surface area (Å²) in [7, 11) is 1.48. The highest BCUT2D eigenvalue weighted by atomic mass is 16.5. The third-order valence-electron chi connectivity index (χ3n) is 5.11. The highest BCUT2D eigenvalue weighted by Crippen LogP contribution is 2.35. The van der Waals surface area contributed by atoms with Crippen LogP contribution in [0.2, 0.25) is 0 Å². The van der Waals surface area contributed by atoms with Gasteiger partial charge in [-0.25, -0.2) is 0 Å². The van der Waals surface area contributed by atoms with E-state index in [0.29, 0.717) is 33.7 Å². The van der Waals surface area contributed by atoms with Crippen molar-refractivity contribution in [2.24, 2.45) is 0 Å². The normalized spacial score (nSPS) is 10.7. The zero-order valence-electron chi connectivity index (χ0n) is 17.5. The molecule has 2 amide bonds. The number of carbonyl (C=O) groups excluding carboxylic acids is 2. The maximum Gasteiger partial charge on any atom is 0.295 e. The van der Waals surface area contributed by atoms with Crippen LogP contribution in [0.4, 0.5) is 11.4 Å². The van der Waals surface area contributed by atoms with Crippen molar-refractivity contribution in [2.75, 3.05) is 17.7 Å². The van der Waals surface area contributed by atoms with Gasteiger partial charge >= 0.3 is 0 Å². The molecule has 1 heterocycles. The molecule has 0 bridgehead atoms. The molecule has 2 N–H and O–H groups in total. The number of carbonyl (C=O) groups is 2. The van der Waals surface area contributed by atoms with E-state index in [0.717, 1.165) is 11.1 Å². The van der Waals surface area contributed by atoms with Crippen LogP contribution in [0.5, 0.6) is 5.75 Å². The molecule has 0 aliphatic heterocycles. The highest BCUT2D eigenvalue weighted by molar-refractivity contribution is 6.09.